The van der Waals surface area contributed by atoms with Gasteiger partial charge in [0, 0.05) is 19.3 Å². The van der Waals surface area contributed by atoms with E-state index in [1.54, 1.807) is 44.2 Å². The highest BCUT2D eigenvalue weighted by Crippen LogP contribution is 2.11. The highest BCUT2D eigenvalue weighted by molar-refractivity contribution is 5.94. The third kappa shape index (κ3) is 11.4. The van der Waals surface area contributed by atoms with Gasteiger partial charge in [-0.2, -0.15) is 0 Å². The molecule has 13 nitrogen and oxygen atoms in total. The van der Waals surface area contributed by atoms with E-state index >= 15 is 0 Å². The number of primary amides is 2. The number of amides is 5. The number of carbonyl (C=O) groups is 6. The molecule has 5 amide bonds. The second kappa shape index (κ2) is 16.0. The molecule has 0 saturated carbocycles. The molecule has 0 fully saturated rings. The van der Waals surface area contributed by atoms with Gasteiger partial charge in [0.25, 0.3) is 0 Å². The Morgan fingerprint density at radius 3 is 1.89 bits per heavy atom. The van der Waals surface area contributed by atoms with Crippen LogP contribution in [0, 0.1) is 5.92 Å². The molecule has 1 aromatic carbocycles. The van der Waals surface area contributed by atoms with Crippen molar-refractivity contribution >= 4 is 35.5 Å². The van der Waals surface area contributed by atoms with Crippen molar-refractivity contribution in [3.05, 3.63) is 35.9 Å². The number of carboxylic acids is 1. The van der Waals surface area contributed by atoms with Crippen LogP contribution >= 0.6 is 0 Å². The molecule has 0 spiro atoms. The lowest BCUT2D eigenvalue weighted by Crippen LogP contribution is -2.58. The average Bonchev–Trinajstić information content (AvgIpc) is 2.87. The van der Waals surface area contributed by atoms with Crippen LogP contribution in [0.2, 0.25) is 0 Å². The highest BCUT2D eigenvalue weighted by atomic mass is 16.4. The van der Waals surface area contributed by atoms with Crippen LogP contribution in [0.3, 0.4) is 0 Å². The van der Waals surface area contributed by atoms with Crippen molar-refractivity contribution in [3.8, 4) is 0 Å². The molecule has 1 rings (SSSR count). The summed E-state index contributed by atoms with van der Waals surface area (Å²) in [6, 6.07) is 3.85. The lowest BCUT2D eigenvalue weighted by molar-refractivity contribution is -0.142. The number of aliphatic carboxylic acids is 1. The number of nitrogens with two attached hydrogens (primary N) is 3. The minimum absolute atomic E-state index is 0.00680. The third-order valence-electron chi connectivity index (χ3n) is 6.04. The van der Waals surface area contributed by atoms with Crippen LogP contribution in [-0.2, 0) is 35.2 Å². The second-order valence-electron chi connectivity index (χ2n) is 9.14. The minimum atomic E-state index is -1.31. The molecule has 5 unspecified atom stereocenters. The first-order chi connectivity index (χ1) is 17.8. The Morgan fingerprint density at radius 2 is 1.37 bits per heavy atom. The largest absolute Gasteiger partial charge is 0.480 e. The number of carbonyl (C=O) groups excluding carboxylic acids is 5. The standard InChI is InChI=1S/C25H38N6O7/c1-3-14(2)21(31-22(34)16(26)9-11-19(27)32)24(36)29-17(10-12-20(28)33)23(35)30-18(25(37)38)13-15-7-5-4-6-8-15/h4-8,14,16-18,21H,3,9-13,26H2,1-2H3,(H2,27,32)(H2,28,33)(H,29,36)(H,30,35)(H,31,34)(H,37,38). The monoisotopic (exact) mass is 534 g/mol. The van der Waals surface area contributed by atoms with Gasteiger partial charge in [0.05, 0.1) is 6.04 Å². The number of carboxylic acid groups (broad SMARTS) is 1. The van der Waals surface area contributed by atoms with Gasteiger partial charge in [0.1, 0.15) is 18.1 Å². The lowest BCUT2D eigenvalue weighted by Gasteiger charge is -2.28. The first-order valence-electron chi connectivity index (χ1n) is 12.4. The zero-order valence-electron chi connectivity index (χ0n) is 21.6. The van der Waals surface area contributed by atoms with E-state index in [0.29, 0.717) is 12.0 Å². The van der Waals surface area contributed by atoms with Gasteiger partial charge in [-0.05, 0) is 24.3 Å². The summed E-state index contributed by atoms with van der Waals surface area (Å²) in [7, 11) is 0. The first-order valence-corrected chi connectivity index (χ1v) is 12.4. The summed E-state index contributed by atoms with van der Waals surface area (Å²) in [5.74, 6) is -5.24. The van der Waals surface area contributed by atoms with Gasteiger partial charge < -0.3 is 38.3 Å². The molecular formula is C25H38N6O7. The molecule has 210 valence electrons. The zero-order valence-corrected chi connectivity index (χ0v) is 21.6. The molecule has 38 heavy (non-hydrogen) atoms. The number of hydrogen-bond acceptors (Lipinski definition) is 7. The van der Waals surface area contributed by atoms with Gasteiger partial charge in [-0.3, -0.25) is 24.0 Å². The topological polar surface area (TPSA) is 237 Å². The Bertz CT molecular complexity index is 988. The van der Waals surface area contributed by atoms with E-state index in [1.807, 2.05) is 0 Å². The summed E-state index contributed by atoms with van der Waals surface area (Å²) in [5, 5.41) is 17.1. The van der Waals surface area contributed by atoms with Crippen LogP contribution in [-0.4, -0.2) is 64.8 Å². The van der Waals surface area contributed by atoms with Gasteiger partial charge in [-0.15, -0.1) is 0 Å². The third-order valence-corrected chi connectivity index (χ3v) is 6.04. The number of rotatable bonds is 17. The van der Waals surface area contributed by atoms with Crippen LogP contribution in [0.4, 0.5) is 0 Å². The molecule has 0 radical (unpaired) electrons. The molecule has 0 aromatic heterocycles. The lowest BCUT2D eigenvalue weighted by atomic mass is 9.96. The van der Waals surface area contributed by atoms with Crippen molar-refractivity contribution in [1.82, 2.24) is 16.0 Å². The van der Waals surface area contributed by atoms with Crippen LogP contribution in [0.25, 0.3) is 0 Å². The second-order valence-corrected chi connectivity index (χ2v) is 9.14. The van der Waals surface area contributed by atoms with Crippen LogP contribution < -0.4 is 33.2 Å². The molecule has 1 aromatic rings. The Labute approximate surface area is 221 Å². The number of hydrogen-bond donors (Lipinski definition) is 7. The number of nitrogens with one attached hydrogen (secondary N) is 3. The van der Waals surface area contributed by atoms with Crippen molar-refractivity contribution in [2.45, 2.75) is 76.5 Å². The molecule has 5 atom stereocenters. The molecule has 0 aliphatic heterocycles. The molecule has 0 bridgehead atoms. The van der Waals surface area contributed by atoms with Crippen LogP contribution in [0.5, 0.6) is 0 Å². The average molecular weight is 535 g/mol. The molecule has 13 heteroatoms. The summed E-state index contributed by atoms with van der Waals surface area (Å²) < 4.78 is 0. The van der Waals surface area contributed by atoms with Gasteiger partial charge >= 0.3 is 5.97 Å². The van der Waals surface area contributed by atoms with E-state index in [4.69, 9.17) is 17.2 Å². The van der Waals surface area contributed by atoms with E-state index in [1.165, 1.54) is 0 Å². The summed E-state index contributed by atoms with van der Waals surface area (Å²) >= 11 is 0. The predicted octanol–water partition coefficient (Wildman–Crippen LogP) is -1.33. The van der Waals surface area contributed by atoms with E-state index in [-0.39, 0.29) is 38.0 Å². The summed E-state index contributed by atoms with van der Waals surface area (Å²) in [5.41, 5.74) is 16.8. The Kier molecular flexibility index (Phi) is 13.5. The SMILES string of the molecule is CCC(C)C(NC(=O)C(N)CCC(N)=O)C(=O)NC(CCC(N)=O)C(=O)NC(Cc1ccccc1)C(=O)O. The Hall–Kier alpha value is -4.00. The van der Waals surface area contributed by atoms with Crippen molar-refractivity contribution in [1.29, 1.82) is 0 Å². The van der Waals surface area contributed by atoms with Crippen molar-refractivity contribution in [2.75, 3.05) is 0 Å². The molecule has 10 N–H and O–H groups in total. The Morgan fingerprint density at radius 1 is 0.816 bits per heavy atom. The summed E-state index contributed by atoms with van der Waals surface area (Å²) in [6.07, 6.45) is -0.106. The van der Waals surface area contributed by atoms with E-state index in [2.05, 4.69) is 16.0 Å². The fourth-order valence-electron chi connectivity index (χ4n) is 3.53. The minimum Gasteiger partial charge on any atom is -0.480 e. The van der Waals surface area contributed by atoms with Crippen molar-refractivity contribution in [2.24, 2.45) is 23.1 Å². The van der Waals surface area contributed by atoms with E-state index in [9.17, 15) is 33.9 Å². The summed E-state index contributed by atoms with van der Waals surface area (Å²) in [4.78, 5) is 73.0. The molecular weight excluding hydrogens is 496 g/mol. The molecule has 0 heterocycles. The van der Waals surface area contributed by atoms with Crippen molar-refractivity contribution in [3.63, 3.8) is 0 Å². The van der Waals surface area contributed by atoms with Gasteiger partial charge in [-0.1, -0.05) is 50.6 Å². The smallest absolute Gasteiger partial charge is 0.326 e. The quantitative estimate of drug-likeness (QED) is 0.126. The number of benzene rings is 1. The van der Waals surface area contributed by atoms with Crippen LogP contribution in [0.15, 0.2) is 30.3 Å². The fourth-order valence-corrected chi connectivity index (χ4v) is 3.53. The maximum atomic E-state index is 13.2. The first kappa shape index (κ1) is 32.0. The maximum Gasteiger partial charge on any atom is 0.326 e. The van der Waals surface area contributed by atoms with Crippen LogP contribution in [0.1, 0.15) is 51.5 Å². The zero-order chi connectivity index (χ0) is 28.8. The maximum absolute atomic E-state index is 13.2. The molecule has 0 saturated heterocycles. The normalized spacial score (nSPS) is 14.7. The van der Waals surface area contributed by atoms with E-state index in [0.717, 1.165) is 0 Å². The Balaban J connectivity index is 3.04. The van der Waals surface area contributed by atoms with Gasteiger partial charge in [0.2, 0.25) is 29.5 Å². The predicted molar refractivity (Wildman–Crippen MR) is 138 cm³/mol. The van der Waals surface area contributed by atoms with E-state index < -0.39 is 59.7 Å². The highest BCUT2D eigenvalue weighted by Gasteiger charge is 2.32. The molecule has 0 aliphatic carbocycles. The van der Waals surface area contributed by atoms with Gasteiger partial charge in [-0.25, -0.2) is 4.79 Å². The van der Waals surface area contributed by atoms with Gasteiger partial charge in [0.15, 0.2) is 0 Å². The summed E-state index contributed by atoms with van der Waals surface area (Å²) in [6.45, 7) is 3.50. The molecule has 0 aliphatic rings. The fraction of sp³-hybridized carbons (Fsp3) is 0.520. The van der Waals surface area contributed by atoms with Crippen molar-refractivity contribution < 1.29 is 33.9 Å².